The summed E-state index contributed by atoms with van der Waals surface area (Å²) in [6.07, 6.45) is 13.0. The topological polar surface area (TPSA) is 6.48 Å². The van der Waals surface area contributed by atoms with E-state index < -0.39 is 0 Å². The highest BCUT2D eigenvalue weighted by Gasteiger charge is 2.46. The van der Waals surface area contributed by atoms with E-state index in [9.17, 15) is 0 Å². The number of benzene rings is 8. The highest BCUT2D eigenvalue weighted by Crippen LogP contribution is 2.51. The molecule has 2 aliphatic carbocycles. The zero-order valence-corrected chi connectivity index (χ0v) is 45.7. The molecule has 0 aromatic heterocycles. The predicted octanol–water partition coefficient (Wildman–Crippen LogP) is 18.4. The van der Waals surface area contributed by atoms with Gasteiger partial charge in [-0.15, -0.1) is 0 Å². The summed E-state index contributed by atoms with van der Waals surface area (Å²) in [4.78, 5) is 5.43. The summed E-state index contributed by atoms with van der Waals surface area (Å²) >= 11 is 0. The van der Waals surface area contributed by atoms with Gasteiger partial charge in [0, 0.05) is 34.1 Å². The monoisotopic (exact) mass is 967 g/mol. The van der Waals surface area contributed by atoms with E-state index >= 15 is 0 Å². The second kappa shape index (κ2) is 19.0. The standard InChI is InChI=1S/C71H75BN2/c1-46-36-47(2)68(48(3)37-46)55-40-66-69-67(41-55)74(57-35-23-33-54(39-57)50-26-16-11-17-27-50)65-45-61(71(7,8)9)59(52-30-20-13-21-31-52)43-63(65)72(69)62-42-58(51-28-18-12-19-29-51)60(70(4,5)6)44-64(62)73(66)56-34-22-32-53(38-56)49-24-14-10-15-25-49/h12-13,18-23,28-45,49-50H,10-11,14-17,24-27H2,1-9H3. The Balaban J connectivity index is 1.24. The molecule has 8 aromatic carbocycles. The van der Waals surface area contributed by atoms with Crippen molar-refractivity contribution in [2.75, 3.05) is 9.80 Å². The lowest BCUT2D eigenvalue weighted by molar-refractivity contribution is 0.443. The zero-order chi connectivity index (χ0) is 51.0. The van der Waals surface area contributed by atoms with E-state index in [1.165, 1.54) is 187 Å². The second-order valence-corrected chi connectivity index (χ2v) is 24.8. The number of fused-ring (bicyclic) bond motifs is 4. The second-order valence-electron chi connectivity index (χ2n) is 24.8. The van der Waals surface area contributed by atoms with Crippen molar-refractivity contribution >= 4 is 57.2 Å². The van der Waals surface area contributed by atoms with Gasteiger partial charge in [0.25, 0.3) is 6.71 Å². The minimum Gasteiger partial charge on any atom is -0.311 e. The summed E-state index contributed by atoms with van der Waals surface area (Å²) in [6, 6.07) is 62.4. The van der Waals surface area contributed by atoms with Gasteiger partial charge in [-0.2, -0.15) is 0 Å². The molecule has 0 radical (unpaired) electrons. The van der Waals surface area contributed by atoms with Crippen LogP contribution in [0, 0.1) is 20.8 Å². The lowest BCUT2D eigenvalue weighted by atomic mass is 9.33. The van der Waals surface area contributed by atoms with Gasteiger partial charge in [-0.1, -0.05) is 195 Å². The van der Waals surface area contributed by atoms with Crippen molar-refractivity contribution in [1.82, 2.24) is 0 Å². The normalized spacial score (nSPS) is 16.0. The zero-order valence-electron chi connectivity index (χ0n) is 45.7. The van der Waals surface area contributed by atoms with Crippen molar-refractivity contribution in [3.63, 3.8) is 0 Å². The van der Waals surface area contributed by atoms with E-state index in [4.69, 9.17) is 0 Å². The number of aryl methyl sites for hydroxylation is 3. The third-order valence-electron chi connectivity index (χ3n) is 17.5. The highest BCUT2D eigenvalue weighted by atomic mass is 15.2. The molecular weight excluding hydrogens is 892 g/mol. The van der Waals surface area contributed by atoms with Crippen LogP contribution in [-0.4, -0.2) is 6.71 Å². The Hall–Kier alpha value is -6.58. The Morgan fingerprint density at radius 3 is 1.23 bits per heavy atom. The van der Waals surface area contributed by atoms with E-state index in [2.05, 4.69) is 230 Å². The molecule has 12 rings (SSSR count). The van der Waals surface area contributed by atoms with Crippen LogP contribution in [0.15, 0.2) is 158 Å². The average Bonchev–Trinajstić information content (AvgIpc) is 3.43. The van der Waals surface area contributed by atoms with Gasteiger partial charge in [0.15, 0.2) is 0 Å². The highest BCUT2D eigenvalue weighted by molar-refractivity contribution is 7.00. The molecule has 0 N–H and O–H groups in total. The molecular formula is C71H75BN2. The van der Waals surface area contributed by atoms with Crippen molar-refractivity contribution in [2.45, 2.75) is 149 Å². The molecule has 0 amide bonds. The number of nitrogens with zero attached hydrogens (tertiary/aromatic N) is 2. The molecule has 0 saturated heterocycles. The molecule has 3 heteroatoms. The van der Waals surface area contributed by atoms with Crippen LogP contribution in [-0.2, 0) is 10.8 Å². The molecule has 4 aliphatic rings. The Bertz CT molecular complexity index is 3190. The third kappa shape index (κ3) is 8.63. The predicted molar refractivity (Wildman–Crippen MR) is 320 cm³/mol. The van der Waals surface area contributed by atoms with Gasteiger partial charge in [0.05, 0.1) is 0 Å². The fourth-order valence-corrected chi connectivity index (χ4v) is 14.1. The fraction of sp³-hybridized carbons (Fsp3) is 0.324. The SMILES string of the molecule is Cc1cc(C)c(-c2cc3c4c(c2)N(c2cccc(C5CCCCC5)c2)c2cc(C(C)(C)C)c(-c5ccccc5)cc2B4c2cc(-c4ccccc4)c(C(C)(C)C)cc2N3c2cccc(C3CCCCC3)c2)c(C)c1. The van der Waals surface area contributed by atoms with Gasteiger partial charge in [-0.05, 0) is 201 Å². The average molecular weight is 967 g/mol. The molecule has 2 nitrogen and oxygen atoms in total. The first-order valence-corrected chi connectivity index (χ1v) is 28.3. The molecule has 0 atom stereocenters. The summed E-state index contributed by atoms with van der Waals surface area (Å²) in [5, 5.41) is 0. The maximum Gasteiger partial charge on any atom is 0.252 e. The van der Waals surface area contributed by atoms with Crippen LogP contribution in [0.5, 0.6) is 0 Å². The Labute approximate surface area is 444 Å². The number of anilines is 6. The molecule has 74 heavy (non-hydrogen) atoms. The van der Waals surface area contributed by atoms with E-state index in [1.807, 2.05) is 0 Å². The first kappa shape index (κ1) is 48.4. The number of hydrogen-bond donors (Lipinski definition) is 0. The fourth-order valence-electron chi connectivity index (χ4n) is 14.1. The van der Waals surface area contributed by atoms with Crippen molar-refractivity contribution in [2.24, 2.45) is 0 Å². The van der Waals surface area contributed by atoms with Gasteiger partial charge in [0.2, 0.25) is 0 Å². The van der Waals surface area contributed by atoms with Crippen LogP contribution in [0.3, 0.4) is 0 Å². The molecule has 0 unspecified atom stereocenters. The van der Waals surface area contributed by atoms with Crippen molar-refractivity contribution in [3.05, 3.63) is 197 Å². The van der Waals surface area contributed by atoms with Gasteiger partial charge in [0.1, 0.15) is 0 Å². The maximum atomic E-state index is 2.71. The van der Waals surface area contributed by atoms with E-state index in [0.717, 1.165) is 0 Å². The van der Waals surface area contributed by atoms with Crippen LogP contribution in [0.2, 0.25) is 0 Å². The molecule has 2 heterocycles. The molecule has 2 aliphatic heterocycles. The van der Waals surface area contributed by atoms with Crippen LogP contribution in [0.25, 0.3) is 33.4 Å². The van der Waals surface area contributed by atoms with Gasteiger partial charge < -0.3 is 9.80 Å². The summed E-state index contributed by atoms with van der Waals surface area (Å²) < 4.78 is 0. The summed E-state index contributed by atoms with van der Waals surface area (Å²) in [7, 11) is 0. The maximum absolute atomic E-state index is 2.71. The largest absolute Gasteiger partial charge is 0.311 e. The Morgan fingerprint density at radius 1 is 0.405 bits per heavy atom. The van der Waals surface area contributed by atoms with E-state index in [0.29, 0.717) is 11.8 Å². The van der Waals surface area contributed by atoms with E-state index in [1.54, 1.807) is 0 Å². The molecule has 0 bridgehead atoms. The van der Waals surface area contributed by atoms with Gasteiger partial charge >= 0.3 is 0 Å². The minimum atomic E-state index is -0.133. The molecule has 8 aromatic rings. The van der Waals surface area contributed by atoms with E-state index in [-0.39, 0.29) is 17.5 Å². The molecule has 372 valence electrons. The van der Waals surface area contributed by atoms with Crippen molar-refractivity contribution in [1.29, 1.82) is 0 Å². The smallest absolute Gasteiger partial charge is 0.252 e. The lowest BCUT2D eigenvalue weighted by Gasteiger charge is -2.46. The van der Waals surface area contributed by atoms with Gasteiger partial charge in [-0.3, -0.25) is 0 Å². The summed E-state index contributed by atoms with van der Waals surface area (Å²) in [5.74, 6) is 1.16. The van der Waals surface area contributed by atoms with Gasteiger partial charge in [-0.25, -0.2) is 0 Å². The van der Waals surface area contributed by atoms with Crippen LogP contribution < -0.4 is 26.2 Å². The molecule has 2 fully saturated rings. The van der Waals surface area contributed by atoms with Crippen molar-refractivity contribution in [3.8, 4) is 33.4 Å². The van der Waals surface area contributed by atoms with Crippen LogP contribution in [0.4, 0.5) is 34.1 Å². The quantitative estimate of drug-likeness (QED) is 0.147. The minimum absolute atomic E-state index is 0.0530. The Kier molecular flexibility index (Phi) is 12.4. The first-order valence-electron chi connectivity index (χ1n) is 28.3. The van der Waals surface area contributed by atoms with Crippen molar-refractivity contribution < 1.29 is 0 Å². The molecule has 0 spiro atoms. The lowest BCUT2D eigenvalue weighted by Crippen LogP contribution is -2.61. The summed E-state index contributed by atoms with van der Waals surface area (Å²) in [6.45, 7) is 21.3. The van der Waals surface area contributed by atoms with Crippen LogP contribution in [0.1, 0.15) is 157 Å². The Morgan fingerprint density at radius 2 is 0.824 bits per heavy atom. The molecule has 2 saturated carbocycles. The third-order valence-corrected chi connectivity index (χ3v) is 17.5. The summed E-state index contributed by atoms with van der Waals surface area (Å²) in [5.41, 5.74) is 28.9. The number of rotatable bonds is 7. The number of hydrogen-bond acceptors (Lipinski definition) is 2. The first-order chi connectivity index (χ1) is 35.7. The van der Waals surface area contributed by atoms with Crippen LogP contribution >= 0.6 is 0 Å².